The summed E-state index contributed by atoms with van der Waals surface area (Å²) in [5.41, 5.74) is 0. The van der Waals surface area contributed by atoms with Crippen LogP contribution in [0.3, 0.4) is 0 Å². The topological polar surface area (TPSA) is 49.4 Å². The van der Waals surface area contributed by atoms with Crippen molar-refractivity contribution in [1.82, 2.24) is 10.2 Å². The molecule has 1 atom stereocenters. The van der Waals surface area contributed by atoms with Gasteiger partial charge in [0.1, 0.15) is 6.04 Å². The van der Waals surface area contributed by atoms with Gasteiger partial charge in [-0.1, -0.05) is 18.2 Å². The summed E-state index contributed by atoms with van der Waals surface area (Å²) in [6.07, 6.45) is 0. The largest absolute Gasteiger partial charge is 0.340 e. The van der Waals surface area contributed by atoms with Crippen LogP contribution in [0.1, 0.15) is 26.3 Å². The molecular weight excluding hydrogens is 372 g/mol. The molecule has 3 aromatic heterocycles. The Morgan fingerprint density at radius 3 is 2.00 bits per heavy atom. The van der Waals surface area contributed by atoms with Crippen LogP contribution in [-0.2, 0) is 17.9 Å². The summed E-state index contributed by atoms with van der Waals surface area (Å²) in [5.74, 6) is -0.283. The second-order valence-electron chi connectivity index (χ2n) is 5.53. The SMILES string of the molecule is CC(NC(=O)c1cccs1)C(=O)N(Cc1cccs1)Cc1cccs1. The number of amides is 2. The number of carbonyl (C=O) groups is 2. The van der Waals surface area contributed by atoms with Crippen molar-refractivity contribution in [3.05, 3.63) is 67.2 Å². The summed E-state index contributed by atoms with van der Waals surface area (Å²) < 4.78 is 0. The second-order valence-corrected chi connectivity index (χ2v) is 8.54. The first-order valence-corrected chi connectivity index (χ1v) is 10.5. The molecule has 3 heterocycles. The van der Waals surface area contributed by atoms with Crippen molar-refractivity contribution in [2.45, 2.75) is 26.1 Å². The van der Waals surface area contributed by atoms with Crippen LogP contribution in [0.5, 0.6) is 0 Å². The molecular formula is C18H18N2O2S3. The second kappa shape index (κ2) is 8.42. The number of nitrogens with zero attached hydrogens (tertiary/aromatic N) is 1. The molecule has 3 rings (SSSR count). The average Bonchev–Trinajstić information content (AvgIpc) is 3.35. The van der Waals surface area contributed by atoms with Crippen LogP contribution < -0.4 is 5.32 Å². The Kier molecular flexibility index (Phi) is 6.01. The number of hydrogen-bond donors (Lipinski definition) is 1. The summed E-state index contributed by atoms with van der Waals surface area (Å²) in [7, 11) is 0. The molecule has 0 aliphatic rings. The van der Waals surface area contributed by atoms with E-state index in [0.717, 1.165) is 9.75 Å². The van der Waals surface area contributed by atoms with Gasteiger partial charge in [0.2, 0.25) is 5.91 Å². The molecule has 4 nitrogen and oxygen atoms in total. The summed E-state index contributed by atoms with van der Waals surface area (Å²) in [6.45, 7) is 2.84. The van der Waals surface area contributed by atoms with E-state index in [4.69, 9.17) is 0 Å². The van der Waals surface area contributed by atoms with E-state index >= 15 is 0 Å². The van der Waals surface area contributed by atoms with Crippen LogP contribution in [0.2, 0.25) is 0 Å². The molecule has 2 amide bonds. The third-order valence-electron chi connectivity index (χ3n) is 3.63. The van der Waals surface area contributed by atoms with Crippen molar-refractivity contribution in [3.8, 4) is 0 Å². The minimum Gasteiger partial charge on any atom is -0.340 e. The third-order valence-corrected chi connectivity index (χ3v) is 6.22. The Morgan fingerprint density at radius 2 is 1.52 bits per heavy atom. The van der Waals surface area contributed by atoms with Gasteiger partial charge in [0.05, 0.1) is 18.0 Å². The summed E-state index contributed by atoms with van der Waals surface area (Å²) >= 11 is 4.62. The smallest absolute Gasteiger partial charge is 0.261 e. The fourth-order valence-electron chi connectivity index (χ4n) is 2.40. The molecule has 0 spiro atoms. The number of thiophene rings is 3. The molecule has 0 radical (unpaired) electrons. The molecule has 0 fully saturated rings. The summed E-state index contributed by atoms with van der Waals surface area (Å²) in [4.78, 5) is 29.8. The lowest BCUT2D eigenvalue weighted by Gasteiger charge is -2.25. The third kappa shape index (κ3) is 4.78. The Balaban J connectivity index is 1.69. The number of hydrogen-bond acceptors (Lipinski definition) is 5. The van der Waals surface area contributed by atoms with E-state index in [1.165, 1.54) is 11.3 Å². The molecule has 0 saturated carbocycles. The predicted octanol–water partition coefficient (Wildman–Crippen LogP) is 4.22. The minimum absolute atomic E-state index is 0.0771. The van der Waals surface area contributed by atoms with E-state index in [1.54, 1.807) is 40.6 Å². The Bertz CT molecular complexity index is 759. The lowest BCUT2D eigenvalue weighted by Crippen LogP contribution is -2.46. The van der Waals surface area contributed by atoms with Crippen molar-refractivity contribution in [2.24, 2.45) is 0 Å². The summed E-state index contributed by atoms with van der Waals surface area (Å²) in [5, 5.41) is 8.67. The molecule has 1 unspecified atom stereocenters. The molecule has 0 aromatic carbocycles. The number of nitrogens with one attached hydrogen (secondary N) is 1. The first kappa shape index (κ1) is 17.8. The molecule has 0 bridgehead atoms. The van der Waals surface area contributed by atoms with Crippen LogP contribution in [0.4, 0.5) is 0 Å². The van der Waals surface area contributed by atoms with E-state index in [0.29, 0.717) is 18.0 Å². The zero-order chi connectivity index (χ0) is 17.6. The van der Waals surface area contributed by atoms with E-state index in [-0.39, 0.29) is 11.8 Å². The van der Waals surface area contributed by atoms with Gasteiger partial charge in [-0.25, -0.2) is 0 Å². The van der Waals surface area contributed by atoms with Gasteiger partial charge >= 0.3 is 0 Å². The van der Waals surface area contributed by atoms with Crippen molar-refractivity contribution in [2.75, 3.05) is 0 Å². The molecule has 7 heteroatoms. The maximum atomic E-state index is 12.9. The molecule has 0 aliphatic heterocycles. The molecule has 130 valence electrons. The fourth-order valence-corrected chi connectivity index (χ4v) is 4.47. The van der Waals surface area contributed by atoms with Crippen molar-refractivity contribution in [3.63, 3.8) is 0 Å². The zero-order valence-corrected chi connectivity index (χ0v) is 16.1. The summed E-state index contributed by atoms with van der Waals surface area (Å²) in [6, 6.07) is 11.0. The van der Waals surface area contributed by atoms with Gasteiger partial charge in [-0.15, -0.1) is 34.0 Å². The maximum Gasteiger partial charge on any atom is 0.261 e. The van der Waals surface area contributed by atoms with Crippen LogP contribution >= 0.6 is 34.0 Å². The Labute approximate surface area is 158 Å². The normalized spacial score (nSPS) is 11.9. The number of rotatable bonds is 7. The van der Waals surface area contributed by atoms with Gasteiger partial charge < -0.3 is 10.2 Å². The highest BCUT2D eigenvalue weighted by atomic mass is 32.1. The Hall–Kier alpha value is -1.96. The van der Waals surface area contributed by atoms with Gasteiger partial charge in [0, 0.05) is 9.75 Å². The van der Waals surface area contributed by atoms with Crippen LogP contribution in [-0.4, -0.2) is 22.8 Å². The first-order valence-electron chi connectivity index (χ1n) is 7.81. The zero-order valence-electron chi connectivity index (χ0n) is 13.7. The molecule has 0 aliphatic carbocycles. The van der Waals surface area contributed by atoms with Gasteiger partial charge in [0.15, 0.2) is 0 Å². The molecule has 1 N–H and O–H groups in total. The van der Waals surface area contributed by atoms with E-state index in [2.05, 4.69) is 5.32 Å². The highest BCUT2D eigenvalue weighted by molar-refractivity contribution is 7.12. The van der Waals surface area contributed by atoms with Gasteiger partial charge in [-0.05, 0) is 41.3 Å². The van der Waals surface area contributed by atoms with Crippen molar-refractivity contribution in [1.29, 1.82) is 0 Å². The minimum atomic E-state index is -0.575. The standard InChI is InChI=1S/C18H18N2O2S3/c1-13(19-17(21)16-7-4-10-25-16)18(22)20(11-14-5-2-8-23-14)12-15-6-3-9-24-15/h2-10,13H,11-12H2,1H3,(H,19,21). The monoisotopic (exact) mass is 390 g/mol. The van der Waals surface area contributed by atoms with Crippen LogP contribution in [0.25, 0.3) is 0 Å². The average molecular weight is 391 g/mol. The van der Waals surface area contributed by atoms with E-state index < -0.39 is 6.04 Å². The Morgan fingerprint density at radius 1 is 0.960 bits per heavy atom. The van der Waals surface area contributed by atoms with Crippen molar-refractivity contribution < 1.29 is 9.59 Å². The first-order chi connectivity index (χ1) is 12.1. The fraction of sp³-hybridized carbons (Fsp3) is 0.222. The number of carbonyl (C=O) groups excluding carboxylic acids is 2. The van der Waals surface area contributed by atoms with Gasteiger partial charge in [0.25, 0.3) is 5.91 Å². The maximum absolute atomic E-state index is 12.9. The molecule has 0 saturated heterocycles. The van der Waals surface area contributed by atoms with Gasteiger partial charge in [-0.3, -0.25) is 9.59 Å². The quantitative estimate of drug-likeness (QED) is 0.657. The molecule has 25 heavy (non-hydrogen) atoms. The van der Waals surface area contributed by atoms with Crippen LogP contribution in [0.15, 0.2) is 52.5 Å². The highest BCUT2D eigenvalue weighted by Crippen LogP contribution is 2.18. The highest BCUT2D eigenvalue weighted by Gasteiger charge is 2.23. The lowest BCUT2D eigenvalue weighted by molar-refractivity contribution is -0.134. The molecule has 3 aromatic rings. The van der Waals surface area contributed by atoms with Gasteiger partial charge in [-0.2, -0.15) is 0 Å². The van der Waals surface area contributed by atoms with Crippen molar-refractivity contribution >= 4 is 45.8 Å². The van der Waals surface area contributed by atoms with E-state index in [1.807, 2.05) is 46.5 Å². The predicted molar refractivity (Wildman–Crippen MR) is 104 cm³/mol. The van der Waals surface area contributed by atoms with E-state index in [9.17, 15) is 9.59 Å². The lowest BCUT2D eigenvalue weighted by atomic mass is 10.2. The van der Waals surface area contributed by atoms with Crippen LogP contribution in [0, 0.1) is 0 Å².